The highest BCUT2D eigenvalue weighted by Gasteiger charge is 2.15. The van der Waals surface area contributed by atoms with Gasteiger partial charge in [-0.2, -0.15) is 4.72 Å². The first-order valence-electron chi connectivity index (χ1n) is 7.14. The zero-order chi connectivity index (χ0) is 17.9. The number of carbonyl (C=O) groups excluding carboxylic acids is 1. The lowest BCUT2D eigenvalue weighted by Crippen LogP contribution is -2.24. The van der Waals surface area contributed by atoms with Crippen LogP contribution in [0.3, 0.4) is 0 Å². The van der Waals surface area contributed by atoms with Crippen molar-refractivity contribution in [2.45, 2.75) is 4.90 Å². The van der Waals surface area contributed by atoms with Crippen molar-refractivity contribution in [1.29, 1.82) is 0 Å². The van der Waals surface area contributed by atoms with Crippen LogP contribution in [0, 0.1) is 11.8 Å². The summed E-state index contributed by atoms with van der Waals surface area (Å²) in [6.07, 6.45) is 0. The summed E-state index contributed by atoms with van der Waals surface area (Å²) < 4.78 is 36.8. The molecular formula is C17H12ClNO5S. The molecule has 0 unspecified atom stereocenters. The Bertz CT molecular complexity index is 992. The first-order valence-corrected chi connectivity index (χ1v) is 9.00. The number of sulfonamides is 1. The molecule has 0 radical (unpaired) electrons. The highest BCUT2D eigenvalue weighted by molar-refractivity contribution is 7.89. The van der Waals surface area contributed by atoms with E-state index >= 15 is 0 Å². The van der Waals surface area contributed by atoms with Gasteiger partial charge in [-0.25, -0.2) is 8.42 Å². The fraction of sp³-hybridized carbons (Fsp3) is 0.118. The molecule has 0 spiro atoms. The summed E-state index contributed by atoms with van der Waals surface area (Å²) in [5, 5.41) is 0.312. The number of rotatable bonds is 4. The van der Waals surface area contributed by atoms with Gasteiger partial charge in [-0.05, 0) is 42.3 Å². The predicted octanol–water partition coefficient (Wildman–Crippen LogP) is 2.23. The molecule has 0 saturated heterocycles. The number of nitrogens with one attached hydrogen (secondary N) is 1. The maximum atomic E-state index is 12.1. The number of hydrogen-bond donors (Lipinski definition) is 1. The summed E-state index contributed by atoms with van der Waals surface area (Å²) >= 11 is 5.78. The Morgan fingerprint density at radius 1 is 1.16 bits per heavy atom. The first kappa shape index (κ1) is 17.3. The zero-order valence-electron chi connectivity index (χ0n) is 12.8. The van der Waals surface area contributed by atoms with Crippen LogP contribution < -0.4 is 14.2 Å². The summed E-state index contributed by atoms with van der Waals surface area (Å²) in [4.78, 5) is 12.1. The van der Waals surface area contributed by atoms with E-state index in [0.717, 1.165) is 0 Å². The molecular weight excluding hydrogens is 366 g/mol. The average Bonchev–Trinajstić information content (AvgIpc) is 3.06. The van der Waals surface area contributed by atoms with Crippen molar-refractivity contribution in [1.82, 2.24) is 4.72 Å². The van der Waals surface area contributed by atoms with Crippen LogP contribution in [0.4, 0.5) is 0 Å². The third kappa shape index (κ3) is 4.12. The average molecular weight is 378 g/mol. The van der Waals surface area contributed by atoms with Crippen molar-refractivity contribution in [2.75, 3.05) is 13.3 Å². The van der Waals surface area contributed by atoms with Crippen molar-refractivity contribution in [3.05, 3.63) is 53.1 Å². The van der Waals surface area contributed by atoms with Gasteiger partial charge in [0.25, 0.3) is 0 Å². The Morgan fingerprint density at radius 3 is 2.76 bits per heavy atom. The lowest BCUT2D eigenvalue weighted by Gasteiger charge is -2.03. The predicted molar refractivity (Wildman–Crippen MR) is 91.3 cm³/mol. The molecule has 8 heteroatoms. The topological polar surface area (TPSA) is 81.7 Å². The maximum Gasteiger partial charge on any atom is 0.241 e. The summed E-state index contributed by atoms with van der Waals surface area (Å²) in [5.41, 5.74) is 0.342. The van der Waals surface area contributed by atoms with Crippen LogP contribution in [0.25, 0.3) is 0 Å². The van der Waals surface area contributed by atoms with E-state index in [-0.39, 0.29) is 18.2 Å². The van der Waals surface area contributed by atoms with Gasteiger partial charge in [-0.3, -0.25) is 4.79 Å². The van der Waals surface area contributed by atoms with E-state index in [0.29, 0.717) is 22.1 Å². The molecule has 0 amide bonds. The van der Waals surface area contributed by atoms with E-state index < -0.39 is 15.8 Å². The summed E-state index contributed by atoms with van der Waals surface area (Å²) in [7, 11) is -3.74. The molecule has 2 aromatic rings. The fourth-order valence-corrected chi connectivity index (χ4v) is 3.31. The molecule has 0 bridgehead atoms. The Morgan fingerprint density at radius 2 is 1.96 bits per heavy atom. The van der Waals surface area contributed by atoms with Gasteiger partial charge in [0.2, 0.25) is 22.6 Å². The zero-order valence-corrected chi connectivity index (χ0v) is 14.4. The van der Waals surface area contributed by atoms with Gasteiger partial charge < -0.3 is 9.47 Å². The summed E-state index contributed by atoms with van der Waals surface area (Å²) in [6.45, 7) is -0.0882. The van der Waals surface area contributed by atoms with Crippen LogP contribution in [0.2, 0.25) is 5.02 Å². The number of ketones is 1. The van der Waals surface area contributed by atoms with Crippen molar-refractivity contribution in [3.8, 4) is 23.3 Å². The van der Waals surface area contributed by atoms with E-state index in [1.54, 1.807) is 18.2 Å². The SMILES string of the molecule is O=C(C#CCNS(=O)(=O)c1cccc(Cl)c1)c1ccc2c(c1)OCO2. The standard InChI is InChI=1S/C17H12ClNO5S/c18-13-3-1-4-14(10-13)25(21,22)19-8-2-5-15(20)12-6-7-16-17(9-12)24-11-23-16/h1,3-4,6-7,9-10,19H,8,11H2. The monoisotopic (exact) mass is 377 g/mol. The van der Waals surface area contributed by atoms with Crippen LogP contribution in [-0.4, -0.2) is 27.5 Å². The molecule has 1 aliphatic rings. The van der Waals surface area contributed by atoms with E-state index in [2.05, 4.69) is 16.6 Å². The van der Waals surface area contributed by atoms with Gasteiger partial charge in [0.1, 0.15) is 0 Å². The lowest BCUT2D eigenvalue weighted by molar-refractivity contribution is 0.105. The molecule has 6 nitrogen and oxygen atoms in total. The number of fused-ring (bicyclic) bond motifs is 1. The Hall–Kier alpha value is -2.53. The van der Waals surface area contributed by atoms with Crippen molar-refractivity contribution in [3.63, 3.8) is 0 Å². The molecule has 2 aromatic carbocycles. The van der Waals surface area contributed by atoms with Gasteiger partial charge in [-0.1, -0.05) is 23.6 Å². The van der Waals surface area contributed by atoms with Crippen LogP contribution in [0.1, 0.15) is 10.4 Å². The molecule has 1 N–H and O–H groups in total. The molecule has 0 saturated carbocycles. The minimum atomic E-state index is -3.74. The van der Waals surface area contributed by atoms with E-state index in [9.17, 15) is 13.2 Å². The number of hydrogen-bond acceptors (Lipinski definition) is 5. The lowest BCUT2D eigenvalue weighted by atomic mass is 10.1. The number of benzene rings is 2. The maximum absolute atomic E-state index is 12.1. The van der Waals surface area contributed by atoms with Crippen LogP contribution in [-0.2, 0) is 10.0 Å². The number of carbonyl (C=O) groups is 1. The summed E-state index contributed by atoms with van der Waals surface area (Å²) in [6, 6.07) is 10.6. The molecule has 0 atom stereocenters. The third-order valence-electron chi connectivity index (χ3n) is 3.29. The van der Waals surface area contributed by atoms with Crippen LogP contribution in [0.15, 0.2) is 47.4 Å². The highest BCUT2D eigenvalue weighted by atomic mass is 35.5. The second-order valence-corrected chi connectivity index (χ2v) is 7.18. The fourth-order valence-electron chi connectivity index (χ4n) is 2.08. The number of Topliss-reactive ketones (excluding diaryl/α,β-unsaturated/α-hetero) is 1. The van der Waals surface area contributed by atoms with E-state index in [1.165, 1.54) is 24.3 Å². The number of halogens is 1. The van der Waals surface area contributed by atoms with E-state index in [1.807, 2.05) is 0 Å². The molecule has 0 fully saturated rings. The second-order valence-electron chi connectivity index (χ2n) is 4.98. The first-order chi connectivity index (χ1) is 12.0. The Kier molecular flexibility index (Phi) is 4.95. The highest BCUT2D eigenvalue weighted by Crippen LogP contribution is 2.32. The smallest absolute Gasteiger partial charge is 0.241 e. The van der Waals surface area contributed by atoms with Crippen LogP contribution >= 0.6 is 11.6 Å². The van der Waals surface area contributed by atoms with Crippen molar-refractivity contribution < 1.29 is 22.7 Å². The Balaban J connectivity index is 1.63. The largest absolute Gasteiger partial charge is 0.454 e. The van der Waals surface area contributed by atoms with Crippen molar-refractivity contribution >= 4 is 27.4 Å². The molecule has 25 heavy (non-hydrogen) atoms. The number of ether oxygens (including phenoxy) is 2. The quantitative estimate of drug-likeness (QED) is 0.502. The third-order valence-corrected chi connectivity index (χ3v) is 4.93. The molecule has 1 heterocycles. The molecule has 0 aromatic heterocycles. The minimum Gasteiger partial charge on any atom is -0.454 e. The van der Waals surface area contributed by atoms with Gasteiger partial charge >= 0.3 is 0 Å². The molecule has 1 aliphatic heterocycles. The molecule has 0 aliphatic carbocycles. The van der Waals surface area contributed by atoms with Crippen molar-refractivity contribution in [2.24, 2.45) is 0 Å². The molecule has 128 valence electrons. The molecule has 3 rings (SSSR count). The van der Waals surface area contributed by atoms with Gasteiger partial charge in [-0.15, -0.1) is 0 Å². The Labute approximate surface area is 149 Å². The van der Waals surface area contributed by atoms with Gasteiger partial charge in [0, 0.05) is 10.6 Å². The van der Waals surface area contributed by atoms with E-state index in [4.69, 9.17) is 21.1 Å². The van der Waals surface area contributed by atoms with Gasteiger partial charge in [0.15, 0.2) is 11.5 Å². The summed E-state index contributed by atoms with van der Waals surface area (Å²) in [5.74, 6) is 5.49. The van der Waals surface area contributed by atoms with Gasteiger partial charge in [0.05, 0.1) is 11.4 Å². The van der Waals surface area contributed by atoms with Crippen LogP contribution in [0.5, 0.6) is 11.5 Å². The normalized spacial score (nSPS) is 12.4. The second kappa shape index (κ2) is 7.15. The minimum absolute atomic E-state index is 0.0314.